The highest BCUT2D eigenvalue weighted by Gasteiger charge is 2.17. The molecular weight excluding hydrogens is 212 g/mol. The number of rotatable bonds is 2. The predicted octanol–water partition coefficient (Wildman–Crippen LogP) is 4.56. The highest BCUT2D eigenvalue weighted by Crippen LogP contribution is 2.42. The van der Waals surface area contributed by atoms with E-state index < -0.39 is 0 Å². The van der Waals surface area contributed by atoms with Crippen LogP contribution in [0.2, 0.25) is 0 Å². The first kappa shape index (κ1) is 10.2. The molecule has 1 heterocycles. The molecule has 0 amide bonds. The minimum absolute atomic E-state index is 0.134. The topological polar surface area (TPSA) is 0 Å². The fourth-order valence-corrected chi connectivity index (χ4v) is 3.99. The summed E-state index contributed by atoms with van der Waals surface area (Å²) in [5, 5.41) is 4.63. The van der Waals surface area contributed by atoms with E-state index in [9.17, 15) is 0 Å². The number of hydrogen-bond donors (Lipinski definition) is 1. The van der Waals surface area contributed by atoms with Crippen LogP contribution in [0.25, 0.3) is 0 Å². The van der Waals surface area contributed by atoms with Gasteiger partial charge in [-0.25, -0.2) is 0 Å². The summed E-state index contributed by atoms with van der Waals surface area (Å²) >= 11 is 0. The lowest BCUT2D eigenvalue weighted by Gasteiger charge is -2.13. The second kappa shape index (κ2) is 4.50. The molecule has 83 valence electrons. The van der Waals surface area contributed by atoms with Crippen molar-refractivity contribution in [2.24, 2.45) is 0 Å². The van der Waals surface area contributed by atoms with Crippen LogP contribution in [-0.2, 0) is 0 Å². The van der Waals surface area contributed by atoms with Gasteiger partial charge in [-0.1, -0.05) is 24.3 Å². The Kier molecular flexibility index (Phi) is 2.88. The first-order valence-corrected chi connectivity index (χ1v) is 7.46. The monoisotopic (exact) mass is 229 g/mol. The molecule has 1 aromatic carbocycles. The molecule has 0 aromatic heterocycles. The van der Waals surface area contributed by atoms with Crippen LogP contribution in [0.3, 0.4) is 0 Å². The van der Waals surface area contributed by atoms with Crippen LogP contribution < -0.4 is 0 Å². The van der Waals surface area contributed by atoms with Gasteiger partial charge in [0, 0.05) is 0 Å². The van der Waals surface area contributed by atoms with Crippen LogP contribution in [0.15, 0.2) is 52.1 Å². The second-order valence-corrected chi connectivity index (χ2v) is 6.41. The minimum Gasteiger partial charge on any atom is -0.186 e. The molecule has 1 fully saturated rings. The van der Waals surface area contributed by atoms with Gasteiger partial charge in [0.2, 0.25) is 0 Å². The van der Waals surface area contributed by atoms with Gasteiger partial charge in [-0.3, -0.25) is 0 Å². The highest BCUT2D eigenvalue weighted by atomic mass is 32.2. The van der Waals surface area contributed by atoms with E-state index in [1.807, 2.05) is 0 Å². The molecule has 1 heteroatoms. The van der Waals surface area contributed by atoms with Crippen LogP contribution in [-0.4, -0.2) is 0 Å². The van der Waals surface area contributed by atoms with E-state index in [-0.39, 0.29) is 10.9 Å². The van der Waals surface area contributed by atoms with Crippen molar-refractivity contribution in [3.63, 3.8) is 0 Å². The van der Waals surface area contributed by atoms with Crippen molar-refractivity contribution in [2.45, 2.75) is 30.1 Å². The summed E-state index contributed by atoms with van der Waals surface area (Å²) < 4.78 is 0. The number of hydrogen-bond acceptors (Lipinski definition) is 0. The van der Waals surface area contributed by atoms with E-state index in [4.69, 9.17) is 0 Å². The maximum Gasteiger partial charge on any atom is -0.00550 e. The fraction of sp³-hybridized carbons (Fsp3) is 0.267. The minimum atomic E-state index is -0.134. The first-order chi connectivity index (χ1) is 7.93. The molecule has 0 bridgehead atoms. The Bertz CT molecular complexity index is 396. The number of allylic oxidation sites excluding steroid dienone is 2. The van der Waals surface area contributed by atoms with Crippen molar-refractivity contribution >= 4 is 10.9 Å². The molecule has 1 saturated carbocycles. The molecule has 3 rings (SSSR count). The Morgan fingerprint density at radius 2 is 1.75 bits per heavy atom. The Hall–Kier alpha value is -0.950. The molecule has 2 aliphatic rings. The normalized spacial score (nSPS) is 22.1. The van der Waals surface area contributed by atoms with Crippen LogP contribution in [0.5, 0.6) is 0 Å². The third-order valence-electron chi connectivity index (χ3n) is 3.44. The van der Waals surface area contributed by atoms with E-state index in [0.29, 0.717) is 0 Å². The molecule has 16 heavy (non-hydrogen) atoms. The maximum absolute atomic E-state index is 2.42. The lowest BCUT2D eigenvalue weighted by molar-refractivity contribution is 0.729. The van der Waals surface area contributed by atoms with E-state index in [2.05, 4.69) is 53.7 Å². The molecule has 0 N–H and O–H groups in total. The van der Waals surface area contributed by atoms with Gasteiger partial charge >= 0.3 is 0 Å². The van der Waals surface area contributed by atoms with E-state index >= 15 is 0 Å². The molecule has 1 aliphatic heterocycles. The van der Waals surface area contributed by atoms with E-state index in [1.54, 1.807) is 0 Å². The van der Waals surface area contributed by atoms with Crippen LogP contribution in [0.1, 0.15) is 30.7 Å². The smallest absolute Gasteiger partial charge is 0.00550 e. The summed E-state index contributed by atoms with van der Waals surface area (Å²) in [6.07, 6.45) is 10.6. The quantitative estimate of drug-likeness (QED) is 0.706. The van der Waals surface area contributed by atoms with E-state index in [1.165, 1.54) is 29.7 Å². The highest BCUT2D eigenvalue weighted by molar-refractivity contribution is 8.22. The van der Waals surface area contributed by atoms with Crippen molar-refractivity contribution in [1.82, 2.24) is 0 Å². The van der Waals surface area contributed by atoms with Gasteiger partial charge in [-0.15, -0.1) is 0 Å². The first-order valence-electron chi connectivity index (χ1n) is 5.98. The average molecular weight is 229 g/mol. The van der Waals surface area contributed by atoms with Gasteiger partial charge in [0.15, 0.2) is 0 Å². The Labute approximate surface area is 100 Å². The lowest BCUT2D eigenvalue weighted by atomic mass is 9.98. The molecule has 0 nitrogen and oxygen atoms in total. The molecule has 1 unspecified atom stereocenters. The SMILES string of the molecule is [CH]1CCC(c2ccc([SH]3C=CC=C3)cc2)C1. The van der Waals surface area contributed by atoms with Crippen LogP contribution in [0, 0.1) is 6.42 Å². The summed E-state index contributed by atoms with van der Waals surface area (Å²) in [5.41, 5.74) is 1.53. The van der Waals surface area contributed by atoms with E-state index in [0.717, 1.165) is 5.92 Å². The summed E-state index contributed by atoms with van der Waals surface area (Å²) in [4.78, 5) is 1.48. The average Bonchev–Trinajstić information content (AvgIpc) is 3.03. The molecular formula is C15H17S. The van der Waals surface area contributed by atoms with Crippen molar-refractivity contribution in [1.29, 1.82) is 0 Å². The lowest BCUT2D eigenvalue weighted by Crippen LogP contribution is -1.91. The zero-order chi connectivity index (χ0) is 10.8. The summed E-state index contributed by atoms with van der Waals surface area (Å²) in [7, 11) is -0.134. The van der Waals surface area contributed by atoms with Gasteiger partial charge in [0.05, 0.1) is 0 Å². The summed E-state index contributed by atoms with van der Waals surface area (Å²) in [6.45, 7) is 0. The molecule has 0 saturated heterocycles. The Morgan fingerprint density at radius 3 is 2.38 bits per heavy atom. The van der Waals surface area contributed by atoms with Gasteiger partial charge < -0.3 is 0 Å². The Morgan fingerprint density at radius 1 is 1.00 bits per heavy atom. The second-order valence-electron chi connectivity index (χ2n) is 4.48. The van der Waals surface area contributed by atoms with Crippen LogP contribution >= 0.6 is 10.9 Å². The predicted molar refractivity (Wildman–Crippen MR) is 72.9 cm³/mol. The zero-order valence-electron chi connectivity index (χ0n) is 9.34. The third-order valence-corrected chi connectivity index (χ3v) is 5.32. The third kappa shape index (κ3) is 1.97. The van der Waals surface area contributed by atoms with Crippen molar-refractivity contribution in [3.8, 4) is 0 Å². The molecule has 0 spiro atoms. The number of benzene rings is 1. The largest absolute Gasteiger partial charge is 0.186 e. The Balaban J connectivity index is 1.79. The van der Waals surface area contributed by atoms with Gasteiger partial charge in [0.25, 0.3) is 0 Å². The molecule has 1 radical (unpaired) electrons. The molecule has 1 aliphatic carbocycles. The fourth-order valence-electron chi connectivity index (χ4n) is 2.48. The standard InChI is InChI=1S/C15H17S/c1-2-6-13(5-1)14-7-9-15(10-8-14)16-11-3-4-12-16/h1,3-4,7-13,16H,2,5-6H2. The summed E-state index contributed by atoms with van der Waals surface area (Å²) in [5.74, 6) is 0.788. The van der Waals surface area contributed by atoms with Crippen LogP contribution in [0.4, 0.5) is 0 Å². The zero-order valence-corrected chi connectivity index (χ0v) is 10.2. The van der Waals surface area contributed by atoms with Crippen molar-refractivity contribution in [2.75, 3.05) is 0 Å². The molecule has 1 aromatic rings. The van der Waals surface area contributed by atoms with Crippen molar-refractivity contribution < 1.29 is 0 Å². The van der Waals surface area contributed by atoms with Crippen molar-refractivity contribution in [3.05, 3.63) is 59.2 Å². The van der Waals surface area contributed by atoms with Gasteiger partial charge in [-0.2, -0.15) is 10.9 Å². The van der Waals surface area contributed by atoms with Gasteiger partial charge in [-0.05, 0) is 65.0 Å². The number of thiol groups is 1. The molecule has 1 atom stereocenters. The van der Waals surface area contributed by atoms with Gasteiger partial charge in [0.1, 0.15) is 0 Å². The maximum atomic E-state index is 2.42. The summed E-state index contributed by atoms with van der Waals surface area (Å²) in [6, 6.07) is 9.31.